The predicted molar refractivity (Wildman–Crippen MR) is 57.6 cm³/mol. The number of nitrogens with zero attached hydrogens (tertiary/aromatic N) is 2. The van der Waals surface area contributed by atoms with Crippen LogP contribution in [0.2, 0.25) is 0 Å². The number of carbonyl (C=O) groups is 2. The molecule has 0 aromatic rings. The number of aliphatic hydroxyl groups is 1. The number of aliphatic hydroxyl groups excluding tert-OH is 1. The fourth-order valence-corrected chi connectivity index (χ4v) is 2.36. The Morgan fingerprint density at radius 2 is 1.94 bits per heavy atom. The zero-order valence-corrected chi connectivity index (χ0v) is 9.39. The fraction of sp³-hybridized carbons (Fsp3) is 0.818. The minimum Gasteiger partial charge on any atom is -0.391 e. The van der Waals surface area contributed by atoms with Gasteiger partial charge in [-0.25, -0.2) is 0 Å². The minimum atomic E-state index is -0.499. The number of likely N-dealkylation sites (tertiary alicyclic amines) is 2. The quantitative estimate of drug-likeness (QED) is 0.709. The lowest BCUT2D eigenvalue weighted by Crippen LogP contribution is -2.31. The largest absolute Gasteiger partial charge is 0.391 e. The van der Waals surface area contributed by atoms with Gasteiger partial charge in [0.1, 0.15) is 0 Å². The molecule has 1 N–H and O–H groups in total. The number of amides is 2. The van der Waals surface area contributed by atoms with Gasteiger partial charge in [0.15, 0.2) is 0 Å². The van der Waals surface area contributed by atoms with Crippen LogP contribution in [0.5, 0.6) is 0 Å². The van der Waals surface area contributed by atoms with Gasteiger partial charge in [-0.1, -0.05) is 0 Å². The molecule has 16 heavy (non-hydrogen) atoms. The van der Waals surface area contributed by atoms with Crippen molar-refractivity contribution < 1.29 is 14.7 Å². The average molecular weight is 226 g/mol. The zero-order chi connectivity index (χ0) is 11.5. The van der Waals surface area contributed by atoms with Crippen molar-refractivity contribution in [2.75, 3.05) is 26.2 Å². The van der Waals surface area contributed by atoms with Crippen LogP contribution >= 0.6 is 0 Å². The van der Waals surface area contributed by atoms with Crippen LogP contribution in [0.25, 0.3) is 0 Å². The highest BCUT2D eigenvalue weighted by atomic mass is 16.3. The lowest BCUT2D eigenvalue weighted by atomic mass is 10.3. The Balaban J connectivity index is 1.68. The molecule has 1 unspecified atom stereocenters. The molecule has 0 aromatic carbocycles. The first-order valence-electron chi connectivity index (χ1n) is 5.90. The molecule has 0 radical (unpaired) electrons. The molecule has 2 aliphatic rings. The number of β-amino-alcohol motifs (C(OH)–C–C–N with tert-alkyl or cyclic N) is 1. The van der Waals surface area contributed by atoms with Crippen molar-refractivity contribution in [3.8, 4) is 0 Å². The van der Waals surface area contributed by atoms with Crippen molar-refractivity contribution in [2.24, 2.45) is 0 Å². The van der Waals surface area contributed by atoms with Crippen LogP contribution in [0.4, 0.5) is 0 Å². The highest BCUT2D eigenvalue weighted by Gasteiger charge is 2.27. The van der Waals surface area contributed by atoms with Gasteiger partial charge >= 0.3 is 0 Å². The van der Waals surface area contributed by atoms with Gasteiger partial charge in [0.2, 0.25) is 11.8 Å². The van der Waals surface area contributed by atoms with Crippen molar-refractivity contribution in [2.45, 2.75) is 31.8 Å². The second-order valence-corrected chi connectivity index (χ2v) is 4.54. The van der Waals surface area contributed by atoms with Crippen molar-refractivity contribution in [1.29, 1.82) is 0 Å². The van der Waals surface area contributed by atoms with E-state index in [-0.39, 0.29) is 18.2 Å². The Labute approximate surface area is 95.0 Å². The Kier molecular flexibility index (Phi) is 3.43. The van der Waals surface area contributed by atoms with E-state index in [9.17, 15) is 14.7 Å². The zero-order valence-electron chi connectivity index (χ0n) is 9.39. The Morgan fingerprint density at radius 1 is 1.19 bits per heavy atom. The lowest BCUT2D eigenvalue weighted by Gasteiger charge is -2.19. The molecule has 2 heterocycles. The molecular formula is C11H18N2O3. The first-order valence-corrected chi connectivity index (χ1v) is 5.90. The third-order valence-electron chi connectivity index (χ3n) is 3.22. The summed E-state index contributed by atoms with van der Waals surface area (Å²) in [5.41, 5.74) is 0. The lowest BCUT2D eigenvalue weighted by molar-refractivity contribution is -0.128. The molecule has 0 bridgehead atoms. The molecule has 0 aliphatic carbocycles. The van der Waals surface area contributed by atoms with E-state index in [4.69, 9.17) is 0 Å². The van der Waals surface area contributed by atoms with Gasteiger partial charge in [-0.15, -0.1) is 0 Å². The third kappa shape index (κ3) is 2.52. The van der Waals surface area contributed by atoms with E-state index >= 15 is 0 Å². The maximum Gasteiger partial charge on any atom is 0.225 e. The monoisotopic (exact) mass is 226 g/mol. The van der Waals surface area contributed by atoms with Crippen LogP contribution in [0.15, 0.2) is 0 Å². The van der Waals surface area contributed by atoms with Crippen LogP contribution in [-0.4, -0.2) is 59.0 Å². The van der Waals surface area contributed by atoms with Gasteiger partial charge in [0.05, 0.1) is 12.5 Å². The van der Waals surface area contributed by atoms with Gasteiger partial charge in [0, 0.05) is 32.6 Å². The first kappa shape index (κ1) is 11.4. The summed E-state index contributed by atoms with van der Waals surface area (Å²) in [6.45, 7) is 2.70. The summed E-state index contributed by atoms with van der Waals surface area (Å²) in [6, 6.07) is 0. The molecule has 0 saturated carbocycles. The van der Waals surface area contributed by atoms with Crippen molar-refractivity contribution in [3.63, 3.8) is 0 Å². The van der Waals surface area contributed by atoms with Crippen LogP contribution < -0.4 is 0 Å². The predicted octanol–water partition coefficient (Wildman–Crippen LogP) is -0.408. The summed E-state index contributed by atoms with van der Waals surface area (Å²) in [4.78, 5) is 26.2. The van der Waals surface area contributed by atoms with Crippen molar-refractivity contribution >= 4 is 11.8 Å². The topological polar surface area (TPSA) is 60.9 Å². The van der Waals surface area contributed by atoms with E-state index < -0.39 is 6.10 Å². The molecule has 0 aromatic heterocycles. The highest BCUT2D eigenvalue weighted by molar-refractivity contribution is 5.79. The van der Waals surface area contributed by atoms with E-state index in [0.717, 1.165) is 25.9 Å². The SMILES string of the molecule is O=C1CCCN1CCCN1CC(O)CC1=O. The van der Waals surface area contributed by atoms with Crippen LogP contribution in [0, 0.1) is 0 Å². The maximum absolute atomic E-state index is 11.4. The summed E-state index contributed by atoms with van der Waals surface area (Å²) in [5, 5.41) is 9.30. The maximum atomic E-state index is 11.4. The number of hydrogen-bond donors (Lipinski definition) is 1. The average Bonchev–Trinajstić information content (AvgIpc) is 2.75. The Morgan fingerprint density at radius 3 is 2.50 bits per heavy atom. The summed E-state index contributed by atoms with van der Waals surface area (Å²) in [6.07, 6.45) is 2.19. The summed E-state index contributed by atoms with van der Waals surface area (Å²) >= 11 is 0. The number of carbonyl (C=O) groups excluding carboxylic acids is 2. The van der Waals surface area contributed by atoms with E-state index in [1.807, 2.05) is 4.90 Å². The molecule has 0 spiro atoms. The molecule has 2 aliphatic heterocycles. The molecule has 2 amide bonds. The normalized spacial score (nSPS) is 25.9. The molecule has 2 saturated heterocycles. The number of hydrogen-bond acceptors (Lipinski definition) is 3. The standard InChI is InChI=1S/C11H18N2O3/c14-9-7-11(16)13(8-9)6-2-5-12-4-1-3-10(12)15/h9,14H,1-8H2. The third-order valence-corrected chi connectivity index (χ3v) is 3.22. The molecule has 5 nitrogen and oxygen atoms in total. The number of rotatable bonds is 4. The Bertz CT molecular complexity index is 293. The molecule has 90 valence electrons. The van der Waals surface area contributed by atoms with E-state index in [1.165, 1.54) is 0 Å². The Hall–Kier alpha value is -1.10. The molecule has 2 rings (SSSR count). The van der Waals surface area contributed by atoms with Gasteiger partial charge in [-0.3, -0.25) is 9.59 Å². The molecule has 5 heteroatoms. The molecule has 2 fully saturated rings. The van der Waals surface area contributed by atoms with Crippen LogP contribution in [-0.2, 0) is 9.59 Å². The smallest absolute Gasteiger partial charge is 0.225 e. The molecular weight excluding hydrogens is 208 g/mol. The van der Waals surface area contributed by atoms with Gasteiger partial charge < -0.3 is 14.9 Å². The molecule has 1 atom stereocenters. The highest BCUT2D eigenvalue weighted by Crippen LogP contribution is 2.13. The summed E-state index contributed by atoms with van der Waals surface area (Å²) in [7, 11) is 0. The summed E-state index contributed by atoms with van der Waals surface area (Å²) < 4.78 is 0. The van der Waals surface area contributed by atoms with Crippen LogP contribution in [0.1, 0.15) is 25.7 Å². The summed E-state index contributed by atoms with van der Waals surface area (Å²) in [5.74, 6) is 0.257. The second kappa shape index (κ2) is 4.82. The van der Waals surface area contributed by atoms with Crippen LogP contribution in [0.3, 0.4) is 0 Å². The minimum absolute atomic E-state index is 0.0280. The van der Waals surface area contributed by atoms with E-state index in [2.05, 4.69) is 0 Å². The van der Waals surface area contributed by atoms with Gasteiger partial charge in [-0.05, 0) is 12.8 Å². The van der Waals surface area contributed by atoms with Gasteiger partial charge in [-0.2, -0.15) is 0 Å². The van der Waals surface area contributed by atoms with Gasteiger partial charge in [0.25, 0.3) is 0 Å². The van der Waals surface area contributed by atoms with Crippen molar-refractivity contribution in [3.05, 3.63) is 0 Å². The van der Waals surface area contributed by atoms with E-state index in [0.29, 0.717) is 19.5 Å². The second-order valence-electron chi connectivity index (χ2n) is 4.54. The van der Waals surface area contributed by atoms with E-state index in [1.54, 1.807) is 4.90 Å². The fourth-order valence-electron chi connectivity index (χ4n) is 2.36. The van der Waals surface area contributed by atoms with Crippen molar-refractivity contribution in [1.82, 2.24) is 9.80 Å². The first-order chi connectivity index (χ1) is 7.66.